The number of hydrogen-bond acceptors (Lipinski definition) is 3. The van der Waals surface area contributed by atoms with Crippen molar-refractivity contribution in [3.05, 3.63) is 104 Å². The molecule has 1 saturated heterocycles. The third-order valence-corrected chi connectivity index (χ3v) is 5.92. The smallest absolute Gasteiger partial charge is 0.300 e. The number of nitrogens with zero attached hydrogens (tertiary/aromatic N) is 1. The second-order valence-corrected chi connectivity index (χ2v) is 8.08. The summed E-state index contributed by atoms with van der Waals surface area (Å²) < 4.78 is 13.5. The van der Waals surface area contributed by atoms with Crippen LogP contribution in [0.15, 0.2) is 72.3 Å². The molecule has 1 N–H and O–H groups in total. The van der Waals surface area contributed by atoms with Crippen molar-refractivity contribution >= 4 is 57.9 Å². The lowest BCUT2D eigenvalue weighted by molar-refractivity contribution is -0.132. The van der Waals surface area contributed by atoms with Crippen LogP contribution in [0.1, 0.15) is 17.2 Å². The Morgan fingerprint density at radius 2 is 1.52 bits per heavy atom. The number of hydrogen-bond donors (Lipinski definition) is 1. The molecule has 0 bridgehead atoms. The molecule has 1 aliphatic heterocycles. The van der Waals surface area contributed by atoms with Gasteiger partial charge in [-0.2, -0.15) is 0 Å². The van der Waals surface area contributed by atoms with E-state index >= 15 is 0 Å². The van der Waals surface area contributed by atoms with E-state index in [1.165, 1.54) is 47.4 Å². The number of anilines is 1. The van der Waals surface area contributed by atoms with Crippen molar-refractivity contribution in [2.24, 2.45) is 0 Å². The highest BCUT2D eigenvalue weighted by Gasteiger charge is 2.47. The first-order valence-corrected chi connectivity index (χ1v) is 10.2. The van der Waals surface area contributed by atoms with Crippen LogP contribution in [-0.4, -0.2) is 16.8 Å². The van der Waals surface area contributed by atoms with E-state index in [4.69, 9.17) is 34.8 Å². The number of amides is 1. The highest BCUT2D eigenvalue weighted by atomic mass is 35.5. The number of ketones is 1. The van der Waals surface area contributed by atoms with E-state index in [2.05, 4.69) is 0 Å². The topological polar surface area (TPSA) is 57.6 Å². The molecule has 8 heteroatoms. The van der Waals surface area contributed by atoms with Crippen LogP contribution in [-0.2, 0) is 9.59 Å². The number of carbonyl (C=O) groups is 2. The van der Waals surface area contributed by atoms with E-state index in [1.54, 1.807) is 24.3 Å². The predicted octanol–water partition coefficient (Wildman–Crippen LogP) is 6.41. The van der Waals surface area contributed by atoms with Crippen LogP contribution in [0.4, 0.5) is 10.1 Å². The number of Topliss-reactive ketones (excluding diaryl/α,β-unsaturated/α-hetero) is 1. The fraction of sp³-hybridized carbons (Fsp3) is 0.0435. The molecule has 3 aromatic rings. The van der Waals surface area contributed by atoms with Gasteiger partial charge in [-0.25, -0.2) is 4.39 Å². The first-order chi connectivity index (χ1) is 14.8. The molecule has 1 fully saturated rings. The lowest BCUT2D eigenvalue weighted by atomic mass is 9.95. The first-order valence-electron chi connectivity index (χ1n) is 9.05. The van der Waals surface area contributed by atoms with Gasteiger partial charge in [0.2, 0.25) is 0 Å². The zero-order valence-corrected chi connectivity index (χ0v) is 17.9. The number of rotatable bonds is 3. The zero-order valence-electron chi connectivity index (χ0n) is 15.7. The highest BCUT2D eigenvalue weighted by Crippen LogP contribution is 2.42. The molecule has 0 aliphatic carbocycles. The number of halogens is 4. The molecule has 1 amide bonds. The molecule has 1 atom stereocenters. The Balaban J connectivity index is 1.94. The van der Waals surface area contributed by atoms with Gasteiger partial charge in [-0.3, -0.25) is 14.5 Å². The van der Waals surface area contributed by atoms with Crippen molar-refractivity contribution in [2.75, 3.05) is 4.90 Å². The van der Waals surface area contributed by atoms with Gasteiger partial charge in [0.1, 0.15) is 11.6 Å². The maximum absolute atomic E-state index is 13.5. The largest absolute Gasteiger partial charge is 0.507 e. The zero-order chi connectivity index (χ0) is 22.3. The lowest BCUT2D eigenvalue weighted by Gasteiger charge is -2.25. The Kier molecular flexibility index (Phi) is 5.75. The predicted molar refractivity (Wildman–Crippen MR) is 119 cm³/mol. The lowest BCUT2D eigenvalue weighted by Crippen LogP contribution is -2.29. The fourth-order valence-electron chi connectivity index (χ4n) is 3.46. The van der Waals surface area contributed by atoms with E-state index in [0.29, 0.717) is 16.3 Å². The van der Waals surface area contributed by atoms with Crippen LogP contribution in [0.2, 0.25) is 15.1 Å². The van der Waals surface area contributed by atoms with Crippen molar-refractivity contribution in [1.29, 1.82) is 0 Å². The number of aliphatic hydroxyl groups excluding tert-OH is 1. The quantitative estimate of drug-likeness (QED) is 0.270. The minimum Gasteiger partial charge on any atom is -0.507 e. The highest BCUT2D eigenvalue weighted by molar-refractivity contribution is 6.51. The number of benzene rings is 3. The van der Waals surface area contributed by atoms with Crippen molar-refractivity contribution in [3.8, 4) is 0 Å². The van der Waals surface area contributed by atoms with Crippen molar-refractivity contribution in [1.82, 2.24) is 0 Å². The number of carbonyl (C=O) groups excluding carboxylic acids is 2. The van der Waals surface area contributed by atoms with E-state index < -0.39 is 29.3 Å². The van der Waals surface area contributed by atoms with Crippen LogP contribution in [0.25, 0.3) is 5.76 Å². The fourth-order valence-corrected chi connectivity index (χ4v) is 3.88. The molecule has 3 aromatic carbocycles. The molecule has 156 valence electrons. The summed E-state index contributed by atoms with van der Waals surface area (Å²) in [6, 6.07) is 15.1. The normalized spacial score (nSPS) is 17.9. The standard InChI is InChI=1S/C23H13Cl3FNO3/c24-14-4-1-12(2-5-14)20-19(21(29)13-3-10-17(25)18(26)11-13)22(30)23(31)28(20)16-8-6-15(27)7-9-16/h1-11,20,29H/b21-19-. The molecule has 1 unspecified atom stereocenters. The maximum Gasteiger partial charge on any atom is 0.300 e. The average Bonchev–Trinajstić information content (AvgIpc) is 3.01. The van der Waals surface area contributed by atoms with Gasteiger partial charge in [-0.1, -0.05) is 46.9 Å². The van der Waals surface area contributed by atoms with Crippen molar-refractivity contribution in [3.63, 3.8) is 0 Å². The number of aliphatic hydroxyl groups is 1. The SMILES string of the molecule is O=C1C(=O)N(c2ccc(F)cc2)C(c2ccc(Cl)cc2)/C1=C(/O)c1ccc(Cl)c(Cl)c1. The maximum atomic E-state index is 13.5. The minimum atomic E-state index is -0.961. The summed E-state index contributed by atoms with van der Waals surface area (Å²) in [4.78, 5) is 27.2. The van der Waals surface area contributed by atoms with E-state index in [-0.39, 0.29) is 21.2 Å². The molecule has 1 heterocycles. The van der Waals surface area contributed by atoms with Gasteiger partial charge < -0.3 is 5.11 Å². The van der Waals surface area contributed by atoms with Crippen molar-refractivity contribution < 1.29 is 19.1 Å². The summed E-state index contributed by atoms with van der Waals surface area (Å²) in [6.07, 6.45) is 0. The molecule has 1 aliphatic rings. The van der Waals surface area contributed by atoms with Crippen LogP contribution >= 0.6 is 34.8 Å². The third kappa shape index (κ3) is 3.92. The van der Waals surface area contributed by atoms with Crippen LogP contribution < -0.4 is 4.90 Å². The second kappa shape index (κ2) is 8.35. The first kappa shape index (κ1) is 21.4. The molecule has 31 heavy (non-hydrogen) atoms. The molecular formula is C23H13Cl3FNO3. The van der Waals surface area contributed by atoms with Gasteiger partial charge in [-0.15, -0.1) is 0 Å². The Bertz CT molecular complexity index is 1220. The van der Waals surface area contributed by atoms with E-state index in [1.807, 2.05) is 0 Å². The molecule has 0 radical (unpaired) electrons. The molecule has 0 aromatic heterocycles. The van der Waals surface area contributed by atoms with Gasteiger partial charge in [0.25, 0.3) is 11.7 Å². The van der Waals surface area contributed by atoms with Gasteiger partial charge in [0.15, 0.2) is 0 Å². The summed E-state index contributed by atoms with van der Waals surface area (Å²) in [5.74, 6) is -2.62. The Hall–Kier alpha value is -2.86. The minimum absolute atomic E-state index is 0.130. The summed E-state index contributed by atoms with van der Waals surface area (Å²) in [5.41, 5.74) is 0.937. The Morgan fingerprint density at radius 3 is 2.13 bits per heavy atom. The Morgan fingerprint density at radius 1 is 0.871 bits per heavy atom. The summed E-state index contributed by atoms with van der Waals surface area (Å²) in [7, 11) is 0. The monoisotopic (exact) mass is 475 g/mol. The van der Waals surface area contributed by atoms with Gasteiger partial charge in [0.05, 0.1) is 21.7 Å². The third-order valence-electron chi connectivity index (χ3n) is 4.93. The second-order valence-electron chi connectivity index (χ2n) is 6.83. The van der Waals surface area contributed by atoms with E-state index in [0.717, 1.165) is 0 Å². The average molecular weight is 477 g/mol. The Labute approximate surface area is 192 Å². The van der Waals surface area contributed by atoms with Crippen molar-refractivity contribution in [2.45, 2.75) is 6.04 Å². The molecular weight excluding hydrogens is 464 g/mol. The van der Waals surface area contributed by atoms with Crippen LogP contribution in [0.3, 0.4) is 0 Å². The molecule has 4 rings (SSSR count). The van der Waals surface area contributed by atoms with E-state index in [9.17, 15) is 19.1 Å². The van der Waals surface area contributed by atoms with Gasteiger partial charge >= 0.3 is 0 Å². The molecule has 0 saturated carbocycles. The van der Waals surface area contributed by atoms with Gasteiger partial charge in [-0.05, 0) is 60.2 Å². The van der Waals surface area contributed by atoms with Crippen LogP contribution in [0.5, 0.6) is 0 Å². The summed E-state index contributed by atoms with van der Waals surface area (Å²) in [5, 5.41) is 11.9. The molecule has 0 spiro atoms. The van der Waals surface area contributed by atoms with Crippen LogP contribution in [0, 0.1) is 5.82 Å². The summed E-state index contributed by atoms with van der Waals surface area (Å²) >= 11 is 18.0. The molecule has 4 nitrogen and oxygen atoms in total. The summed E-state index contributed by atoms with van der Waals surface area (Å²) in [6.45, 7) is 0. The van der Waals surface area contributed by atoms with Gasteiger partial charge in [0, 0.05) is 16.3 Å².